The van der Waals surface area contributed by atoms with Crippen LogP contribution in [-0.4, -0.2) is 22.1 Å². The highest BCUT2D eigenvalue weighted by atomic mass is 19.4. The molecular formula is C15H18F3N3O. The van der Waals surface area contributed by atoms with Gasteiger partial charge in [0.1, 0.15) is 0 Å². The largest absolute Gasteiger partial charge is 0.424 e. The number of rotatable bonds is 5. The summed E-state index contributed by atoms with van der Waals surface area (Å²) in [6.07, 6.45) is -3.64. The van der Waals surface area contributed by atoms with Crippen LogP contribution in [0.3, 0.4) is 0 Å². The van der Waals surface area contributed by atoms with Gasteiger partial charge in [-0.3, -0.25) is 4.90 Å². The third-order valence-electron chi connectivity index (χ3n) is 3.52. The summed E-state index contributed by atoms with van der Waals surface area (Å²) in [5.41, 5.74) is 0.147. The van der Waals surface area contributed by atoms with Gasteiger partial charge in [-0.1, -0.05) is 19.1 Å². The highest BCUT2D eigenvalue weighted by Gasteiger charge is 2.30. The molecule has 2 aromatic rings. The Bertz CT molecular complexity index is 607. The van der Waals surface area contributed by atoms with Crippen LogP contribution in [-0.2, 0) is 19.1 Å². The van der Waals surface area contributed by atoms with Gasteiger partial charge in [0.05, 0.1) is 11.6 Å². The second kappa shape index (κ2) is 6.48. The molecule has 0 spiro atoms. The van der Waals surface area contributed by atoms with Gasteiger partial charge in [-0.05, 0) is 31.7 Å². The summed E-state index contributed by atoms with van der Waals surface area (Å²) < 4.78 is 43.1. The van der Waals surface area contributed by atoms with E-state index in [1.54, 1.807) is 0 Å². The van der Waals surface area contributed by atoms with Crippen LogP contribution < -0.4 is 0 Å². The summed E-state index contributed by atoms with van der Waals surface area (Å²) in [7, 11) is 1.86. The molecule has 0 amide bonds. The van der Waals surface area contributed by atoms with E-state index in [-0.39, 0.29) is 6.04 Å². The van der Waals surface area contributed by atoms with Gasteiger partial charge in [0.2, 0.25) is 11.8 Å². The first-order valence-corrected chi connectivity index (χ1v) is 7.00. The molecule has 0 aliphatic heterocycles. The summed E-state index contributed by atoms with van der Waals surface area (Å²) >= 11 is 0. The molecule has 0 N–H and O–H groups in total. The van der Waals surface area contributed by atoms with Crippen molar-refractivity contribution in [1.29, 1.82) is 0 Å². The molecule has 22 heavy (non-hydrogen) atoms. The fourth-order valence-electron chi connectivity index (χ4n) is 1.99. The quantitative estimate of drug-likeness (QED) is 0.841. The molecule has 0 saturated carbocycles. The summed E-state index contributed by atoms with van der Waals surface area (Å²) in [6, 6.07) is 5.04. The summed E-state index contributed by atoms with van der Waals surface area (Å²) in [6.45, 7) is 4.33. The Kier molecular flexibility index (Phi) is 4.85. The lowest BCUT2D eigenvalue weighted by Crippen LogP contribution is -2.22. The molecule has 4 nitrogen and oxygen atoms in total. The number of benzene rings is 1. The summed E-state index contributed by atoms with van der Waals surface area (Å²) in [5.74, 6) is 1.08. The molecule has 0 saturated heterocycles. The molecule has 1 atom stereocenters. The van der Waals surface area contributed by atoms with Gasteiger partial charge < -0.3 is 4.42 Å². The van der Waals surface area contributed by atoms with Crippen molar-refractivity contribution < 1.29 is 17.6 Å². The van der Waals surface area contributed by atoms with Gasteiger partial charge in [0.15, 0.2) is 0 Å². The number of halogens is 3. The fraction of sp³-hybridized carbons (Fsp3) is 0.467. The first-order valence-electron chi connectivity index (χ1n) is 7.00. The maximum absolute atomic E-state index is 12.5. The number of aryl methyl sites for hydroxylation is 1. The molecule has 7 heteroatoms. The van der Waals surface area contributed by atoms with E-state index >= 15 is 0 Å². The van der Waals surface area contributed by atoms with Crippen LogP contribution in [0.1, 0.15) is 42.8 Å². The Morgan fingerprint density at radius 3 is 2.32 bits per heavy atom. The molecule has 0 radical (unpaired) electrons. The zero-order valence-corrected chi connectivity index (χ0v) is 12.7. The Balaban J connectivity index is 2.03. The van der Waals surface area contributed by atoms with Crippen LogP contribution in [0.5, 0.6) is 0 Å². The van der Waals surface area contributed by atoms with E-state index in [9.17, 15) is 13.2 Å². The van der Waals surface area contributed by atoms with E-state index in [0.717, 1.165) is 17.7 Å². The third kappa shape index (κ3) is 3.85. The Morgan fingerprint density at radius 2 is 1.82 bits per heavy atom. The van der Waals surface area contributed by atoms with E-state index in [0.29, 0.717) is 24.7 Å². The minimum absolute atomic E-state index is 0.116. The van der Waals surface area contributed by atoms with Crippen molar-refractivity contribution in [2.75, 3.05) is 7.05 Å². The lowest BCUT2D eigenvalue weighted by molar-refractivity contribution is -0.137. The molecular weight excluding hydrogens is 295 g/mol. The van der Waals surface area contributed by atoms with Gasteiger partial charge in [0.25, 0.3) is 0 Å². The van der Waals surface area contributed by atoms with E-state index in [1.165, 1.54) is 12.1 Å². The van der Waals surface area contributed by atoms with Gasteiger partial charge in [-0.15, -0.1) is 10.2 Å². The van der Waals surface area contributed by atoms with Crippen molar-refractivity contribution in [3.63, 3.8) is 0 Å². The number of nitrogens with zero attached hydrogens (tertiary/aromatic N) is 3. The van der Waals surface area contributed by atoms with Crippen LogP contribution >= 0.6 is 0 Å². The smallest absolute Gasteiger partial charge is 0.416 e. The third-order valence-corrected chi connectivity index (χ3v) is 3.52. The predicted molar refractivity (Wildman–Crippen MR) is 75.0 cm³/mol. The van der Waals surface area contributed by atoms with Crippen molar-refractivity contribution >= 4 is 0 Å². The Hall–Kier alpha value is -1.89. The fourth-order valence-corrected chi connectivity index (χ4v) is 1.99. The average Bonchev–Trinajstić information content (AvgIpc) is 2.95. The Labute approximate surface area is 127 Å². The Morgan fingerprint density at radius 1 is 1.18 bits per heavy atom. The number of hydrogen-bond donors (Lipinski definition) is 0. The molecule has 0 aliphatic rings. The molecule has 1 heterocycles. The van der Waals surface area contributed by atoms with E-state index in [4.69, 9.17) is 4.42 Å². The molecule has 1 aromatic carbocycles. The molecule has 1 aromatic heterocycles. The highest BCUT2D eigenvalue weighted by molar-refractivity contribution is 5.24. The van der Waals surface area contributed by atoms with Gasteiger partial charge in [-0.25, -0.2) is 0 Å². The van der Waals surface area contributed by atoms with E-state index < -0.39 is 11.7 Å². The lowest BCUT2D eigenvalue weighted by atomic mass is 10.1. The molecule has 0 bridgehead atoms. The molecule has 2 rings (SSSR count). The van der Waals surface area contributed by atoms with Crippen molar-refractivity contribution in [2.24, 2.45) is 0 Å². The molecule has 0 fully saturated rings. The number of aromatic nitrogens is 2. The van der Waals surface area contributed by atoms with Crippen molar-refractivity contribution in [2.45, 2.75) is 39.0 Å². The number of alkyl halides is 3. The monoisotopic (exact) mass is 313 g/mol. The second-order valence-electron chi connectivity index (χ2n) is 5.17. The van der Waals surface area contributed by atoms with Crippen LogP contribution in [0, 0.1) is 0 Å². The van der Waals surface area contributed by atoms with Crippen molar-refractivity contribution in [3.05, 3.63) is 47.2 Å². The highest BCUT2D eigenvalue weighted by Crippen LogP contribution is 2.29. The standard InChI is InChI=1S/C15H18F3N3O/c1-4-13-19-20-14(22-13)10(2)21(3)9-11-5-7-12(8-6-11)15(16,17)18/h5-8,10H,4,9H2,1-3H3/t10-/m1/s1. The van der Waals surface area contributed by atoms with Crippen LogP contribution in [0.15, 0.2) is 28.7 Å². The van der Waals surface area contributed by atoms with Gasteiger partial charge >= 0.3 is 6.18 Å². The maximum atomic E-state index is 12.5. The minimum atomic E-state index is -4.31. The van der Waals surface area contributed by atoms with Crippen LogP contribution in [0.25, 0.3) is 0 Å². The van der Waals surface area contributed by atoms with Gasteiger partial charge in [0, 0.05) is 13.0 Å². The summed E-state index contributed by atoms with van der Waals surface area (Å²) in [5, 5.41) is 7.90. The zero-order valence-electron chi connectivity index (χ0n) is 12.7. The van der Waals surface area contributed by atoms with Crippen molar-refractivity contribution in [1.82, 2.24) is 15.1 Å². The lowest BCUT2D eigenvalue weighted by Gasteiger charge is -2.22. The normalized spacial score (nSPS) is 13.6. The topological polar surface area (TPSA) is 42.2 Å². The van der Waals surface area contributed by atoms with Crippen LogP contribution in [0.4, 0.5) is 13.2 Å². The van der Waals surface area contributed by atoms with Crippen molar-refractivity contribution in [3.8, 4) is 0 Å². The van der Waals surface area contributed by atoms with Crippen LogP contribution in [0.2, 0.25) is 0 Å². The van der Waals surface area contributed by atoms with E-state index in [2.05, 4.69) is 10.2 Å². The SMILES string of the molecule is CCc1nnc([C@@H](C)N(C)Cc2ccc(C(F)(F)F)cc2)o1. The van der Waals surface area contributed by atoms with Gasteiger partial charge in [-0.2, -0.15) is 13.2 Å². The zero-order chi connectivity index (χ0) is 16.3. The predicted octanol–water partition coefficient (Wildman–Crippen LogP) is 3.84. The summed E-state index contributed by atoms with van der Waals surface area (Å²) in [4.78, 5) is 1.94. The molecule has 0 aliphatic carbocycles. The average molecular weight is 313 g/mol. The second-order valence-corrected chi connectivity index (χ2v) is 5.17. The molecule has 0 unspecified atom stereocenters. The minimum Gasteiger partial charge on any atom is -0.424 e. The molecule has 120 valence electrons. The first-order chi connectivity index (χ1) is 10.3. The first kappa shape index (κ1) is 16.5. The van der Waals surface area contributed by atoms with E-state index in [1.807, 2.05) is 25.8 Å². The number of hydrogen-bond acceptors (Lipinski definition) is 4. The maximum Gasteiger partial charge on any atom is 0.416 e.